The van der Waals surface area contributed by atoms with E-state index >= 15 is 0 Å². The van der Waals surface area contributed by atoms with Crippen molar-refractivity contribution in [1.82, 2.24) is 19.9 Å². The first-order valence-corrected chi connectivity index (χ1v) is 7.43. The van der Waals surface area contributed by atoms with Gasteiger partial charge in [-0.2, -0.15) is 15.0 Å². The van der Waals surface area contributed by atoms with Crippen molar-refractivity contribution in [2.24, 2.45) is 0 Å². The van der Waals surface area contributed by atoms with Crippen LogP contribution in [0.4, 0.5) is 5.95 Å². The molecule has 20 heavy (non-hydrogen) atoms. The molecule has 0 saturated carbocycles. The van der Waals surface area contributed by atoms with E-state index in [1.165, 1.54) is 0 Å². The van der Waals surface area contributed by atoms with E-state index in [0.717, 1.165) is 32.4 Å². The molecular formula is C13H22ClN5O. The van der Waals surface area contributed by atoms with Gasteiger partial charge in [0.25, 0.3) is 0 Å². The number of rotatable bonds is 5. The highest BCUT2D eigenvalue weighted by Crippen LogP contribution is 2.21. The lowest BCUT2D eigenvalue weighted by molar-refractivity contribution is 0.248. The van der Waals surface area contributed by atoms with Crippen LogP contribution < -0.4 is 9.64 Å². The van der Waals surface area contributed by atoms with E-state index < -0.39 is 0 Å². The highest BCUT2D eigenvalue weighted by atomic mass is 35.5. The Hall–Kier alpha value is -1.14. The van der Waals surface area contributed by atoms with Crippen LogP contribution in [0.15, 0.2) is 0 Å². The molecule has 0 bridgehead atoms. The van der Waals surface area contributed by atoms with E-state index in [2.05, 4.69) is 38.8 Å². The van der Waals surface area contributed by atoms with Crippen molar-refractivity contribution >= 4 is 17.5 Å². The second-order valence-electron chi connectivity index (χ2n) is 5.22. The Morgan fingerprint density at radius 1 is 1.25 bits per heavy atom. The first-order valence-electron chi connectivity index (χ1n) is 7.06. The van der Waals surface area contributed by atoms with Crippen LogP contribution in [0.3, 0.4) is 0 Å². The average molecular weight is 300 g/mol. The predicted molar refractivity (Wildman–Crippen MR) is 79.5 cm³/mol. The molecule has 0 spiro atoms. The molecule has 7 heteroatoms. The van der Waals surface area contributed by atoms with Crippen molar-refractivity contribution in [1.29, 1.82) is 0 Å². The van der Waals surface area contributed by atoms with Crippen LogP contribution in [0.1, 0.15) is 26.2 Å². The maximum Gasteiger partial charge on any atom is 0.322 e. The van der Waals surface area contributed by atoms with Crippen LogP contribution in [0.2, 0.25) is 5.28 Å². The number of ether oxygens (including phenoxy) is 1. The van der Waals surface area contributed by atoms with E-state index in [9.17, 15) is 0 Å². The zero-order chi connectivity index (χ0) is 14.5. The normalized spacial score (nSPS) is 16.8. The largest absolute Gasteiger partial charge is 0.463 e. The van der Waals surface area contributed by atoms with Crippen LogP contribution >= 0.6 is 11.6 Å². The van der Waals surface area contributed by atoms with Crippen LogP contribution in [-0.4, -0.2) is 59.7 Å². The Morgan fingerprint density at radius 3 is 2.55 bits per heavy atom. The molecule has 1 aromatic rings. The fourth-order valence-electron chi connectivity index (χ4n) is 2.30. The van der Waals surface area contributed by atoms with E-state index in [4.69, 9.17) is 16.3 Å². The molecule has 1 aliphatic rings. The van der Waals surface area contributed by atoms with Gasteiger partial charge in [-0.15, -0.1) is 0 Å². The van der Waals surface area contributed by atoms with Crippen molar-refractivity contribution in [2.45, 2.75) is 32.2 Å². The smallest absolute Gasteiger partial charge is 0.322 e. The van der Waals surface area contributed by atoms with Gasteiger partial charge in [0.15, 0.2) is 0 Å². The molecule has 0 unspecified atom stereocenters. The first-order chi connectivity index (χ1) is 9.60. The summed E-state index contributed by atoms with van der Waals surface area (Å²) in [5, 5.41) is 0.191. The minimum atomic E-state index is 0.191. The van der Waals surface area contributed by atoms with Crippen LogP contribution in [-0.2, 0) is 0 Å². The van der Waals surface area contributed by atoms with Gasteiger partial charge in [0.1, 0.15) is 0 Å². The van der Waals surface area contributed by atoms with Gasteiger partial charge in [-0.1, -0.05) is 6.92 Å². The van der Waals surface area contributed by atoms with Gasteiger partial charge >= 0.3 is 6.01 Å². The summed E-state index contributed by atoms with van der Waals surface area (Å²) in [6, 6.07) is 0.941. The van der Waals surface area contributed by atoms with Crippen LogP contribution in [0, 0.1) is 0 Å². The summed E-state index contributed by atoms with van der Waals surface area (Å²) in [4.78, 5) is 17.0. The topological polar surface area (TPSA) is 54.4 Å². The van der Waals surface area contributed by atoms with Crippen LogP contribution in [0.25, 0.3) is 0 Å². The zero-order valence-corrected chi connectivity index (χ0v) is 13.1. The molecule has 112 valence electrons. The summed E-state index contributed by atoms with van der Waals surface area (Å²) < 4.78 is 5.45. The number of piperidine rings is 1. The third-order valence-electron chi connectivity index (χ3n) is 3.49. The number of nitrogens with zero attached hydrogens (tertiary/aromatic N) is 5. The molecular weight excluding hydrogens is 278 g/mol. The molecule has 1 fully saturated rings. The molecule has 2 heterocycles. The number of aromatic nitrogens is 3. The summed E-state index contributed by atoms with van der Waals surface area (Å²) in [5.74, 6) is 0.619. The first kappa shape index (κ1) is 15.3. The Morgan fingerprint density at radius 2 is 1.95 bits per heavy atom. The number of anilines is 1. The standard InChI is InChI=1S/C13H22ClN5O/c1-4-9-20-13-16-11(14)15-12(17-13)19-7-5-10(6-8-19)18(2)3/h10H,4-9H2,1-3H3. The Bertz CT molecular complexity index is 435. The minimum absolute atomic E-state index is 0.191. The highest BCUT2D eigenvalue weighted by Gasteiger charge is 2.23. The van der Waals surface area contributed by atoms with Crippen LogP contribution in [0.5, 0.6) is 6.01 Å². The molecule has 2 rings (SSSR count). The minimum Gasteiger partial charge on any atom is -0.463 e. The van der Waals surface area contributed by atoms with Crippen molar-refractivity contribution < 1.29 is 4.74 Å². The summed E-state index contributed by atoms with van der Waals surface area (Å²) in [6.07, 6.45) is 3.11. The zero-order valence-electron chi connectivity index (χ0n) is 12.3. The number of hydrogen-bond acceptors (Lipinski definition) is 6. The molecule has 0 radical (unpaired) electrons. The van der Waals surface area contributed by atoms with Gasteiger partial charge in [0.2, 0.25) is 11.2 Å². The van der Waals surface area contributed by atoms with Crippen molar-refractivity contribution in [2.75, 3.05) is 38.7 Å². The Balaban J connectivity index is 2.03. The summed E-state index contributed by atoms with van der Waals surface area (Å²) in [5.41, 5.74) is 0. The highest BCUT2D eigenvalue weighted by molar-refractivity contribution is 6.28. The fraction of sp³-hybridized carbons (Fsp3) is 0.769. The predicted octanol–water partition coefficient (Wildman–Crippen LogP) is 1.84. The summed E-state index contributed by atoms with van der Waals surface area (Å²) >= 11 is 5.95. The van der Waals surface area contributed by atoms with E-state index in [0.29, 0.717) is 24.6 Å². The second kappa shape index (κ2) is 7.04. The molecule has 1 saturated heterocycles. The maximum atomic E-state index is 5.95. The van der Waals surface area contributed by atoms with Gasteiger partial charge in [0.05, 0.1) is 6.61 Å². The van der Waals surface area contributed by atoms with Gasteiger partial charge in [0, 0.05) is 19.1 Å². The quantitative estimate of drug-likeness (QED) is 0.827. The molecule has 1 aromatic heterocycles. The lowest BCUT2D eigenvalue weighted by Crippen LogP contribution is -2.42. The van der Waals surface area contributed by atoms with Gasteiger partial charge in [-0.05, 0) is 45.0 Å². The van der Waals surface area contributed by atoms with Crippen molar-refractivity contribution in [3.05, 3.63) is 5.28 Å². The van der Waals surface area contributed by atoms with Gasteiger partial charge < -0.3 is 14.5 Å². The second-order valence-corrected chi connectivity index (χ2v) is 5.56. The lowest BCUT2D eigenvalue weighted by Gasteiger charge is -2.35. The van der Waals surface area contributed by atoms with Crippen molar-refractivity contribution in [3.8, 4) is 6.01 Å². The Labute approximate surface area is 125 Å². The van der Waals surface area contributed by atoms with Gasteiger partial charge in [-0.25, -0.2) is 0 Å². The van der Waals surface area contributed by atoms with Gasteiger partial charge in [-0.3, -0.25) is 0 Å². The number of hydrogen-bond donors (Lipinski definition) is 0. The Kier molecular flexibility index (Phi) is 5.37. The SMILES string of the molecule is CCCOc1nc(Cl)nc(N2CCC(N(C)C)CC2)n1. The molecule has 0 atom stereocenters. The third kappa shape index (κ3) is 3.93. The number of halogens is 1. The monoisotopic (exact) mass is 299 g/mol. The molecule has 0 N–H and O–H groups in total. The lowest BCUT2D eigenvalue weighted by atomic mass is 10.0. The molecule has 1 aliphatic heterocycles. The van der Waals surface area contributed by atoms with E-state index in [1.807, 2.05) is 6.92 Å². The summed E-state index contributed by atoms with van der Waals surface area (Å²) in [6.45, 7) is 4.48. The van der Waals surface area contributed by atoms with E-state index in [-0.39, 0.29) is 5.28 Å². The third-order valence-corrected chi connectivity index (χ3v) is 3.66. The molecule has 0 aromatic carbocycles. The molecule has 6 nitrogen and oxygen atoms in total. The van der Waals surface area contributed by atoms with E-state index in [1.54, 1.807) is 0 Å². The summed E-state index contributed by atoms with van der Waals surface area (Å²) in [7, 11) is 4.24. The molecule has 0 aliphatic carbocycles. The maximum absolute atomic E-state index is 5.95. The molecule has 0 amide bonds. The van der Waals surface area contributed by atoms with Crippen molar-refractivity contribution in [3.63, 3.8) is 0 Å². The fourth-order valence-corrected chi connectivity index (χ4v) is 2.45. The average Bonchev–Trinajstić information content (AvgIpc) is 2.44.